The molecule has 2 fully saturated rings. The molecule has 0 N–H and O–H groups in total. The molecule has 0 amide bonds. The van der Waals surface area contributed by atoms with Gasteiger partial charge in [-0.1, -0.05) is 18.7 Å². The second-order valence-corrected chi connectivity index (χ2v) is 7.99. The van der Waals surface area contributed by atoms with E-state index in [1.807, 2.05) is 18.2 Å². The van der Waals surface area contributed by atoms with Crippen LogP contribution in [0.25, 0.3) is 6.08 Å². The Bertz CT molecular complexity index is 875. The molecular formula is C23H25NO5. The van der Waals surface area contributed by atoms with Crippen LogP contribution in [0.4, 0.5) is 0 Å². The summed E-state index contributed by atoms with van der Waals surface area (Å²) in [6.07, 6.45) is 9.60. The highest BCUT2D eigenvalue weighted by Gasteiger charge is 2.61. The lowest BCUT2D eigenvalue weighted by molar-refractivity contribution is -0.140. The Morgan fingerprint density at radius 3 is 3.10 bits per heavy atom. The van der Waals surface area contributed by atoms with Crippen molar-refractivity contribution in [2.45, 2.75) is 50.4 Å². The first kappa shape index (κ1) is 19.6. The van der Waals surface area contributed by atoms with E-state index >= 15 is 0 Å². The van der Waals surface area contributed by atoms with E-state index in [4.69, 9.17) is 14.2 Å². The molecule has 152 valence electrons. The highest BCUT2D eigenvalue weighted by molar-refractivity contribution is 5.91. The van der Waals surface area contributed by atoms with Crippen molar-refractivity contribution in [3.63, 3.8) is 0 Å². The molecule has 0 aromatic carbocycles. The summed E-state index contributed by atoms with van der Waals surface area (Å²) in [6.45, 7) is 6.21. The molecule has 2 aliphatic heterocycles. The van der Waals surface area contributed by atoms with Gasteiger partial charge < -0.3 is 14.2 Å². The Balaban J connectivity index is 1.38. The van der Waals surface area contributed by atoms with E-state index in [0.717, 1.165) is 31.3 Å². The van der Waals surface area contributed by atoms with Crippen molar-refractivity contribution in [1.82, 2.24) is 4.98 Å². The predicted octanol–water partition coefficient (Wildman–Crippen LogP) is 3.39. The van der Waals surface area contributed by atoms with Crippen LogP contribution in [0.15, 0.2) is 54.3 Å². The number of esters is 2. The predicted molar refractivity (Wildman–Crippen MR) is 107 cm³/mol. The third kappa shape index (κ3) is 4.32. The Morgan fingerprint density at radius 1 is 1.45 bits per heavy atom. The molecule has 0 radical (unpaired) electrons. The number of rotatable bonds is 4. The standard InChI is InChI=1S/C23H25NO5/c1-15-18-10-8-16(14-27-19(25)11-9-17-7-3-4-13-24-17)6-5-12-23(2)21(29-23)20(18)28-22(15)26/h3-4,6-7,9,11,13,18,20-21H,1,5,8,10,12,14H2,2H3/b11-9+,16-6+/t18-,20-,21-,23+/m0/s1. The lowest BCUT2D eigenvalue weighted by atomic mass is 9.84. The summed E-state index contributed by atoms with van der Waals surface area (Å²) in [4.78, 5) is 28.2. The molecule has 0 saturated carbocycles. The SMILES string of the molecule is C=C1C(=O)O[C@H]2[C@H]1CC/C(COC(=O)/C=C/c1ccccn1)=C\CC[C@@]1(C)O[C@@H]21. The number of epoxide rings is 1. The minimum Gasteiger partial charge on any atom is -0.458 e. The van der Waals surface area contributed by atoms with Gasteiger partial charge in [-0.2, -0.15) is 0 Å². The topological polar surface area (TPSA) is 78.0 Å². The third-order valence-corrected chi connectivity index (χ3v) is 5.92. The van der Waals surface area contributed by atoms with Gasteiger partial charge in [-0.15, -0.1) is 0 Å². The molecule has 0 spiro atoms. The zero-order chi connectivity index (χ0) is 20.4. The Hall–Kier alpha value is -2.73. The number of nitrogens with zero attached hydrogens (tertiary/aromatic N) is 1. The van der Waals surface area contributed by atoms with Crippen molar-refractivity contribution < 1.29 is 23.8 Å². The van der Waals surface area contributed by atoms with Crippen LogP contribution in [-0.2, 0) is 23.8 Å². The van der Waals surface area contributed by atoms with E-state index in [-0.39, 0.29) is 36.3 Å². The van der Waals surface area contributed by atoms with Gasteiger partial charge in [-0.3, -0.25) is 4.98 Å². The first-order valence-electron chi connectivity index (χ1n) is 9.98. The molecule has 29 heavy (non-hydrogen) atoms. The van der Waals surface area contributed by atoms with Crippen molar-refractivity contribution in [3.05, 3.63) is 60.0 Å². The number of fused-ring (bicyclic) bond motifs is 3. The molecule has 3 heterocycles. The molecule has 1 aromatic heterocycles. The fraction of sp³-hybridized carbons (Fsp3) is 0.435. The normalized spacial score (nSPS) is 33.3. The summed E-state index contributed by atoms with van der Waals surface area (Å²) >= 11 is 0. The Kier molecular flexibility index (Phi) is 5.37. The molecule has 1 aromatic rings. The zero-order valence-corrected chi connectivity index (χ0v) is 16.5. The van der Waals surface area contributed by atoms with Gasteiger partial charge in [-0.25, -0.2) is 9.59 Å². The van der Waals surface area contributed by atoms with Crippen LogP contribution in [0.3, 0.4) is 0 Å². The first-order chi connectivity index (χ1) is 14.0. The summed E-state index contributed by atoms with van der Waals surface area (Å²) in [5, 5.41) is 0. The lowest BCUT2D eigenvalue weighted by Crippen LogP contribution is -2.29. The minimum absolute atomic E-state index is 0.0554. The van der Waals surface area contributed by atoms with Gasteiger partial charge in [-0.05, 0) is 56.4 Å². The fourth-order valence-electron chi connectivity index (χ4n) is 4.09. The van der Waals surface area contributed by atoms with E-state index in [1.54, 1.807) is 12.3 Å². The van der Waals surface area contributed by atoms with Crippen molar-refractivity contribution in [2.75, 3.05) is 6.61 Å². The number of carbonyl (C=O) groups excluding carboxylic acids is 2. The van der Waals surface area contributed by atoms with Crippen molar-refractivity contribution in [3.8, 4) is 0 Å². The van der Waals surface area contributed by atoms with Crippen LogP contribution in [-0.4, -0.2) is 41.3 Å². The maximum Gasteiger partial charge on any atom is 0.334 e. The van der Waals surface area contributed by atoms with Crippen LogP contribution in [0, 0.1) is 5.92 Å². The molecule has 0 bridgehead atoms. The van der Waals surface area contributed by atoms with Gasteiger partial charge in [0.05, 0.1) is 11.3 Å². The molecule has 3 aliphatic rings. The summed E-state index contributed by atoms with van der Waals surface area (Å²) in [7, 11) is 0. The van der Waals surface area contributed by atoms with Crippen molar-refractivity contribution in [2.24, 2.45) is 5.92 Å². The number of carbonyl (C=O) groups is 2. The monoisotopic (exact) mass is 395 g/mol. The van der Waals surface area contributed by atoms with Gasteiger partial charge >= 0.3 is 11.9 Å². The van der Waals surface area contributed by atoms with Crippen LogP contribution < -0.4 is 0 Å². The maximum absolute atomic E-state index is 12.1. The summed E-state index contributed by atoms with van der Waals surface area (Å²) in [5.41, 5.74) is 1.99. The largest absolute Gasteiger partial charge is 0.458 e. The summed E-state index contributed by atoms with van der Waals surface area (Å²) in [5.74, 6) is -0.794. The molecule has 4 atom stereocenters. The quantitative estimate of drug-likeness (QED) is 0.337. The van der Waals surface area contributed by atoms with E-state index in [0.29, 0.717) is 11.3 Å². The van der Waals surface area contributed by atoms with E-state index in [9.17, 15) is 9.59 Å². The van der Waals surface area contributed by atoms with E-state index < -0.39 is 5.97 Å². The molecule has 6 heteroatoms. The van der Waals surface area contributed by atoms with Gasteiger partial charge in [0.15, 0.2) is 0 Å². The summed E-state index contributed by atoms with van der Waals surface area (Å²) in [6, 6.07) is 5.49. The van der Waals surface area contributed by atoms with E-state index in [1.165, 1.54) is 6.08 Å². The lowest BCUT2D eigenvalue weighted by Gasteiger charge is -2.20. The molecule has 0 unspecified atom stereocenters. The number of aromatic nitrogens is 1. The molecular weight excluding hydrogens is 370 g/mol. The smallest absolute Gasteiger partial charge is 0.334 e. The van der Waals surface area contributed by atoms with Crippen LogP contribution in [0.1, 0.15) is 38.3 Å². The Labute approximate surface area is 170 Å². The van der Waals surface area contributed by atoms with Crippen molar-refractivity contribution in [1.29, 1.82) is 0 Å². The zero-order valence-electron chi connectivity index (χ0n) is 16.5. The second kappa shape index (κ2) is 7.95. The molecule has 1 aliphatic carbocycles. The minimum atomic E-state index is -0.409. The average molecular weight is 395 g/mol. The second-order valence-electron chi connectivity index (χ2n) is 7.99. The number of allylic oxidation sites excluding steroid dienone is 1. The number of hydrogen-bond donors (Lipinski definition) is 0. The highest BCUT2D eigenvalue weighted by atomic mass is 16.6. The van der Waals surface area contributed by atoms with Crippen LogP contribution in [0.2, 0.25) is 0 Å². The molecule has 6 nitrogen and oxygen atoms in total. The highest BCUT2D eigenvalue weighted by Crippen LogP contribution is 2.49. The molecule has 2 saturated heterocycles. The average Bonchev–Trinajstić information content (AvgIpc) is 3.31. The van der Waals surface area contributed by atoms with Crippen molar-refractivity contribution >= 4 is 18.0 Å². The fourth-order valence-corrected chi connectivity index (χ4v) is 4.09. The van der Waals surface area contributed by atoms with Gasteiger partial charge in [0.2, 0.25) is 0 Å². The molecule has 4 rings (SSSR count). The Morgan fingerprint density at radius 2 is 2.31 bits per heavy atom. The van der Waals surface area contributed by atoms with Gasteiger partial charge in [0.25, 0.3) is 0 Å². The van der Waals surface area contributed by atoms with Gasteiger partial charge in [0, 0.05) is 23.8 Å². The van der Waals surface area contributed by atoms with E-state index in [2.05, 4.69) is 24.6 Å². The number of ether oxygens (including phenoxy) is 3. The van der Waals surface area contributed by atoms with Crippen LogP contribution in [0.5, 0.6) is 0 Å². The number of hydrogen-bond acceptors (Lipinski definition) is 6. The number of pyridine rings is 1. The van der Waals surface area contributed by atoms with Gasteiger partial charge in [0.1, 0.15) is 18.8 Å². The maximum atomic E-state index is 12.1. The third-order valence-electron chi connectivity index (χ3n) is 5.92. The van der Waals surface area contributed by atoms with Crippen LogP contribution >= 0.6 is 0 Å². The summed E-state index contributed by atoms with van der Waals surface area (Å²) < 4.78 is 16.9. The first-order valence-corrected chi connectivity index (χ1v) is 9.98.